The highest BCUT2D eigenvalue weighted by Gasteiger charge is 2.19. The summed E-state index contributed by atoms with van der Waals surface area (Å²) in [5, 5.41) is 20.4. The number of aliphatic carboxylic acids is 1. The molecule has 0 bridgehead atoms. The Balaban J connectivity index is 1.52. The molecule has 0 atom stereocenters. The number of carbonyl (C=O) groups is 1. The van der Waals surface area contributed by atoms with E-state index >= 15 is 0 Å². The molecule has 0 amide bonds. The molecule has 1 N–H and O–H groups in total. The van der Waals surface area contributed by atoms with Gasteiger partial charge in [0.05, 0.1) is 0 Å². The van der Waals surface area contributed by atoms with Crippen LogP contribution in [0.2, 0.25) is 10.0 Å². The van der Waals surface area contributed by atoms with E-state index in [1.165, 1.54) is 0 Å². The van der Waals surface area contributed by atoms with Crippen molar-refractivity contribution < 1.29 is 14.3 Å². The first-order chi connectivity index (χ1) is 17.4. The van der Waals surface area contributed by atoms with Crippen LogP contribution in [-0.4, -0.2) is 25.8 Å². The van der Waals surface area contributed by atoms with Crippen molar-refractivity contribution in [3.05, 3.63) is 105 Å². The highest BCUT2D eigenvalue weighted by Crippen LogP contribution is 2.34. The lowest BCUT2D eigenvalue weighted by atomic mass is 10.1. The Hall–Kier alpha value is -3.52. The molecule has 2 aromatic heterocycles. The Kier molecular flexibility index (Phi) is 6.87. The summed E-state index contributed by atoms with van der Waals surface area (Å²) in [5.41, 5.74) is 4.38. The number of hydrogen-bond donors (Lipinski definition) is 1. The quantitative estimate of drug-likeness (QED) is 0.171. The second-order valence-electron chi connectivity index (χ2n) is 7.99. The van der Waals surface area contributed by atoms with Crippen molar-refractivity contribution >= 4 is 57.9 Å². The average molecular weight is 536 g/mol. The predicted octanol–water partition coefficient (Wildman–Crippen LogP) is 7.57. The van der Waals surface area contributed by atoms with Crippen LogP contribution >= 0.6 is 35.0 Å². The van der Waals surface area contributed by atoms with Crippen molar-refractivity contribution in [2.24, 2.45) is 0 Å². The maximum Gasteiger partial charge on any atom is 0.342 e. The Labute approximate surface area is 221 Å². The van der Waals surface area contributed by atoms with Crippen molar-refractivity contribution in [1.82, 2.24) is 14.8 Å². The molecule has 0 aliphatic heterocycles. The van der Waals surface area contributed by atoms with E-state index in [-0.39, 0.29) is 16.0 Å². The average Bonchev–Trinajstić information content (AvgIpc) is 3.44. The van der Waals surface area contributed by atoms with E-state index in [1.807, 2.05) is 55.5 Å². The maximum absolute atomic E-state index is 12.2. The normalized spacial score (nSPS) is 11.8. The molecular weight excluding hydrogens is 517 g/mol. The number of thioether (sulfide) groups is 1. The van der Waals surface area contributed by atoms with Gasteiger partial charge in [-0.2, -0.15) is 0 Å². The molecule has 3 aromatic carbocycles. The van der Waals surface area contributed by atoms with Crippen molar-refractivity contribution in [1.29, 1.82) is 0 Å². The lowest BCUT2D eigenvalue weighted by molar-refractivity contribution is -0.131. The maximum atomic E-state index is 12.2. The van der Waals surface area contributed by atoms with Gasteiger partial charge in [-0.15, -0.1) is 10.2 Å². The number of carboxylic acids is 1. The summed E-state index contributed by atoms with van der Waals surface area (Å²) in [7, 11) is 0. The number of halogens is 2. The summed E-state index contributed by atoms with van der Waals surface area (Å²) in [5.74, 6) is -0.806. The monoisotopic (exact) mass is 535 g/mol. The highest BCUT2D eigenvalue weighted by molar-refractivity contribution is 8.03. The van der Waals surface area contributed by atoms with E-state index in [0.29, 0.717) is 22.2 Å². The molecule has 0 spiro atoms. The van der Waals surface area contributed by atoms with Gasteiger partial charge in [0.1, 0.15) is 4.91 Å². The summed E-state index contributed by atoms with van der Waals surface area (Å²) in [4.78, 5) is 12.3. The molecule has 5 aromatic rings. The van der Waals surface area contributed by atoms with Gasteiger partial charge in [-0.3, -0.25) is 0 Å². The van der Waals surface area contributed by atoms with Crippen molar-refractivity contribution in [3.8, 4) is 11.5 Å². The Morgan fingerprint density at radius 3 is 2.50 bits per heavy atom. The van der Waals surface area contributed by atoms with Crippen LogP contribution in [0.15, 0.2) is 87.3 Å². The molecule has 0 unspecified atom stereocenters. The number of carboxylic acid groups (broad SMARTS) is 1. The summed E-state index contributed by atoms with van der Waals surface area (Å²) >= 11 is 13.3. The van der Waals surface area contributed by atoms with E-state index in [1.54, 1.807) is 30.3 Å². The van der Waals surface area contributed by atoms with Gasteiger partial charge in [-0.05, 0) is 66.7 Å². The number of hydrogen-bond acceptors (Lipinski definition) is 5. The smallest absolute Gasteiger partial charge is 0.342 e. The van der Waals surface area contributed by atoms with E-state index < -0.39 is 5.97 Å². The van der Waals surface area contributed by atoms with E-state index in [9.17, 15) is 9.90 Å². The number of para-hydroxylation sites is 1. The molecule has 2 heterocycles. The Morgan fingerprint density at radius 1 is 1.03 bits per heavy atom. The molecule has 0 aliphatic rings. The fourth-order valence-corrected chi connectivity index (χ4v) is 4.94. The first-order valence-corrected chi connectivity index (χ1v) is 12.5. The van der Waals surface area contributed by atoms with Gasteiger partial charge in [-0.25, -0.2) is 4.79 Å². The van der Waals surface area contributed by atoms with Gasteiger partial charge < -0.3 is 14.1 Å². The minimum absolute atomic E-state index is 0.0602. The van der Waals surface area contributed by atoms with Crippen molar-refractivity contribution in [3.63, 3.8) is 0 Å². The van der Waals surface area contributed by atoms with Crippen LogP contribution in [0.3, 0.4) is 0 Å². The standard InChI is InChI=1S/C27H19Cl2N3O3S/c1-16-21(20-7-3-5-9-23(20)32(16)15-18-6-2-4-8-22(18)29)14-24(26(33)34)36-27-31-30-25(35-27)17-10-12-19(28)13-11-17/h2-14H,15H2,1H3,(H,33,34)/b24-14-. The zero-order chi connectivity index (χ0) is 25.2. The highest BCUT2D eigenvalue weighted by atomic mass is 35.5. The number of nitrogens with zero attached hydrogens (tertiary/aromatic N) is 3. The van der Waals surface area contributed by atoms with Crippen molar-refractivity contribution in [2.45, 2.75) is 18.7 Å². The lowest BCUT2D eigenvalue weighted by Gasteiger charge is -2.10. The molecular formula is C27H19Cl2N3O3S. The molecule has 5 rings (SSSR count). The van der Waals surface area contributed by atoms with Crippen molar-refractivity contribution in [2.75, 3.05) is 0 Å². The van der Waals surface area contributed by atoms with Gasteiger partial charge in [0.2, 0.25) is 5.89 Å². The molecule has 0 saturated heterocycles. The second-order valence-corrected chi connectivity index (χ2v) is 9.83. The van der Waals surface area contributed by atoms with Crippen LogP contribution in [0.4, 0.5) is 0 Å². The van der Waals surface area contributed by atoms with Crippen LogP contribution in [-0.2, 0) is 11.3 Å². The van der Waals surface area contributed by atoms with E-state index in [2.05, 4.69) is 14.8 Å². The molecule has 36 heavy (non-hydrogen) atoms. The molecule has 9 heteroatoms. The van der Waals surface area contributed by atoms with Crippen LogP contribution < -0.4 is 0 Å². The minimum Gasteiger partial charge on any atom is -0.477 e. The molecule has 0 aliphatic carbocycles. The molecule has 0 saturated carbocycles. The van der Waals surface area contributed by atoms with Gasteiger partial charge in [0.25, 0.3) is 5.22 Å². The number of benzene rings is 3. The summed E-state index contributed by atoms with van der Waals surface area (Å²) in [6.45, 7) is 2.53. The van der Waals surface area contributed by atoms with E-state index in [4.69, 9.17) is 27.6 Å². The third-order valence-electron chi connectivity index (χ3n) is 5.75. The van der Waals surface area contributed by atoms with Gasteiger partial charge in [-0.1, -0.05) is 59.6 Å². The second kappa shape index (κ2) is 10.2. The zero-order valence-electron chi connectivity index (χ0n) is 19.0. The topological polar surface area (TPSA) is 81.2 Å². The van der Waals surface area contributed by atoms with Crippen LogP contribution in [0.1, 0.15) is 16.8 Å². The fourth-order valence-electron chi connectivity index (χ4n) is 3.96. The third-order valence-corrected chi connectivity index (χ3v) is 7.22. The molecule has 6 nitrogen and oxygen atoms in total. The largest absolute Gasteiger partial charge is 0.477 e. The first kappa shape index (κ1) is 24.2. The Morgan fingerprint density at radius 2 is 1.75 bits per heavy atom. The number of aromatic nitrogens is 3. The zero-order valence-corrected chi connectivity index (χ0v) is 21.3. The van der Waals surface area contributed by atoms with Gasteiger partial charge in [0, 0.05) is 44.3 Å². The number of fused-ring (bicyclic) bond motifs is 1. The summed E-state index contributed by atoms with van der Waals surface area (Å²) < 4.78 is 7.85. The third kappa shape index (κ3) is 4.91. The van der Waals surface area contributed by atoms with E-state index in [0.717, 1.165) is 39.5 Å². The summed E-state index contributed by atoms with van der Waals surface area (Å²) in [6.07, 6.45) is 1.65. The minimum atomic E-state index is -1.09. The number of rotatable bonds is 7. The van der Waals surface area contributed by atoms with Crippen LogP contribution in [0, 0.1) is 6.92 Å². The SMILES string of the molecule is Cc1c(/C=C(\Sc2nnc(-c3ccc(Cl)cc3)o2)C(=O)O)c2ccccc2n1Cc1ccccc1Cl. The fraction of sp³-hybridized carbons (Fsp3) is 0.0741. The molecule has 180 valence electrons. The van der Waals surface area contributed by atoms with Crippen LogP contribution in [0.25, 0.3) is 28.4 Å². The molecule has 0 fully saturated rings. The van der Waals surface area contributed by atoms with Gasteiger partial charge in [0.15, 0.2) is 0 Å². The van der Waals surface area contributed by atoms with Crippen LogP contribution in [0.5, 0.6) is 0 Å². The first-order valence-electron chi connectivity index (χ1n) is 10.9. The summed E-state index contributed by atoms with van der Waals surface area (Å²) in [6, 6.07) is 22.5. The lowest BCUT2D eigenvalue weighted by Crippen LogP contribution is -2.02. The Bertz CT molecular complexity index is 1610. The predicted molar refractivity (Wildman–Crippen MR) is 143 cm³/mol. The van der Waals surface area contributed by atoms with Gasteiger partial charge >= 0.3 is 5.97 Å². The molecule has 0 radical (unpaired) electrons.